The third-order valence-electron chi connectivity index (χ3n) is 15.0. The Morgan fingerprint density at radius 1 is 0.436 bits per heavy atom. The molecule has 3 aromatic rings. The highest BCUT2D eigenvalue weighted by Gasteiger charge is 2.43. The van der Waals surface area contributed by atoms with Crippen molar-refractivity contribution in [1.29, 1.82) is 0 Å². The van der Waals surface area contributed by atoms with Crippen molar-refractivity contribution in [2.75, 3.05) is 52.4 Å². The minimum Gasteiger partial charge on any atom is -0.426 e. The zero-order valence-corrected chi connectivity index (χ0v) is 43.0. The van der Waals surface area contributed by atoms with E-state index in [9.17, 15) is 73.3 Å². The molecule has 0 spiro atoms. The molecule has 29 heteroatoms. The highest BCUT2D eigenvalue weighted by atomic mass is 16.4. The molecule has 414 valence electrons. The Labute approximate surface area is 450 Å². The van der Waals surface area contributed by atoms with Crippen molar-refractivity contribution in [3.05, 3.63) is 106 Å². The fraction of sp³-hybridized carbons (Fsp3) is 0.490. The van der Waals surface area contributed by atoms with E-state index < -0.39 is 70.0 Å². The van der Waals surface area contributed by atoms with E-state index in [1.807, 2.05) is 12.1 Å². The summed E-state index contributed by atoms with van der Waals surface area (Å²) in [4.78, 5) is 118. The first-order valence-electron chi connectivity index (χ1n) is 26.1. The Balaban J connectivity index is 0.000000152. The number of hydrogen-bond acceptors (Lipinski definition) is 17. The third kappa shape index (κ3) is 13.9. The van der Waals surface area contributed by atoms with Gasteiger partial charge in [0.25, 0.3) is 23.3 Å². The Morgan fingerprint density at radius 3 is 1.24 bits per heavy atom. The molecule has 7 aliphatic heterocycles. The van der Waals surface area contributed by atoms with Crippen LogP contribution in [0.25, 0.3) is 0 Å². The molecule has 8 amide bonds. The van der Waals surface area contributed by atoms with Crippen LogP contribution in [0, 0.1) is 0 Å². The molecular weight excluding hydrogens is 1020 g/mol. The summed E-state index contributed by atoms with van der Waals surface area (Å²) in [5.74, 6) is -4.55. The highest BCUT2D eigenvalue weighted by Crippen LogP contribution is 2.27. The molecule has 4 atom stereocenters. The monoisotopic (exact) mass is 1080 g/mol. The van der Waals surface area contributed by atoms with Crippen LogP contribution in [-0.4, -0.2) is 231 Å². The van der Waals surface area contributed by atoms with Gasteiger partial charge >= 0.3 is 28.5 Å². The normalized spacial score (nSPS) is 21.2. The van der Waals surface area contributed by atoms with Crippen LogP contribution in [0.1, 0.15) is 101 Å². The van der Waals surface area contributed by atoms with Crippen molar-refractivity contribution < 1.29 is 78.5 Å². The molecule has 1 aromatic heterocycles. The van der Waals surface area contributed by atoms with Crippen molar-refractivity contribution in [3.8, 4) is 0 Å². The second kappa shape index (κ2) is 26.8. The quantitative estimate of drug-likeness (QED) is 0.0642. The summed E-state index contributed by atoms with van der Waals surface area (Å²) < 4.78 is 1.31. The first-order valence-corrected chi connectivity index (χ1v) is 26.1. The number of likely N-dealkylation sites (tertiary alicyclic amines) is 5. The van der Waals surface area contributed by atoms with Crippen LogP contribution in [0.4, 0.5) is 0 Å². The molecule has 8 N–H and O–H groups in total. The predicted molar refractivity (Wildman–Crippen MR) is 279 cm³/mol. The van der Waals surface area contributed by atoms with Gasteiger partial charge in [-0.15, -0.1) is 0 Å². The second-order valence-electron chi connectivity index (χ2n) is 20.0. The highest BCUT2D eigenvalue weighted by molar-refractivity contribution is 6.45. The first kappa shape index (κ1) is 59.0. The van der Waals surface area contributed by atoms with Gasteiger partial charge in [0.05, 0.1) is 41.4 Å². The van der Waals surface area contributed by atoms with Crippen LogP contribution in [0.3, 0.4) is 0 Å². The van der Waals surface area contributed by atoms with E-state index >= 15 is 0 Å². The summed E-state index contributed by atoms with van der Waals surface area (Å²) in [7, 11) is -6.16. The number of carbonyl (C=O) groups excluding carboxylic acids is 8. The number of pyridine rings is 1. The molecule has 0 radical (unpaired) electrons. The maximum atomic E-state index is 12.3. The van der Waals surface area contributed by atoms with E-state index in [0.717, 1.165) is 36.1 Å². The molecular formula is C49H64B4N8O17. The molecule has 8 heterocycles. The van der Waals surface area contributed by atoms with E-state index in [4.69, 9.17) is 10.0 Å². The maximum absolute atomic E-state index is 12.3. The van der Waals surface area contributed by atoms with Gasteiger partial charge in [0.15, 0.2) is 0 Å². The average Bonchev–Trinajstić information content (AvgIpc) is 4.37. The van der Waals surface area contributed by atoms with Crippen LogP contribution in [0.5, 0.6) is 0 Å². The van der Waals surface area contributed by atoms with Gasteiger partial charge in [-0.2, -0.15) is 0 Å². The molecule has 5 fully saturated rings. The number of hydrogen-bond donors (Lipinski definition) is 8. The molecule has 5 saturated heterocycles. The topological polar surface area (TPSA) is 343 Å². The van der Waals surface area contributed by atoms with Crippen LogP contribution in [0.15, 0.2) is 77.7 Å². The number of imide groups is 1. The van der Waals surface area contributed by atoms with Crippen molar-refractivity contribution in [3.63, 3.8) is 0 Å². The minimum absolute atomic E-state index is 0.0126. The molecule has 25 nitrogen and oxygen atoms in total. The fourth-order valence-electron chi connectivity index (χ4n) is 10.9. The number of fused-ring (bicyclic) bond motifs is 2. The summed E-state index contributed by atoms with van der Waals surface area (Å²) >= 11 is 0. The lowest BCUT2D eigenvalue weighted by Gasteiger charge is -2.26. The lowest BCUT2D eigenvalue weighted by Crippen LogP contribution is -2.49. The summed E-state index contributed by atoms with van der Waals surface area (Å²) in [6.07, 6.45) is 8.06. The molecule has 78 heavy (non-hydrogen) atoms. The average molecular weight is 1080 g/mol. The molecule has 0 bridgehead atoms. The smallest absolute Gasteiger partial charge is 0.426 e. The largest absolute Gasteiger partial charge is 0.475 e. The summed E-state index contributed by atoms with van der Waals surface area (Å²) in [6, 6.07) is 18.4. The van der Waals surface area contributed by atoms with Gasteiger partial charge in [-0.1, -0.05) is 36.4 Å². The van der Waals surface area contributed by atoms with Gasteiger partial charge in [-0.3, -0.25) is 48.1 Å². The number of carbonyl (C=O) groups is 8. The first-order chi connectivity index (χ1) is 37.3. The van der Waals surface area contributed by atoms with Crippen LogP contribution in [0.2, 0.25) is 0 Å². The number of rotatable bonds is 12. The number of benzene rings is 2. The van der Waals surface area contributed by atoms with Gasteiger partial charge in [0.1, 0.15) is 19.6 Å². The minimum atomic E-state index is -1.62. The fourth-order valence-corrected chi connectivity index (χ4v) is 10.9. The summed E-state index contributed by atoms with van der Waals surface area (Å²) in [6.45, 7) is 2.62. The predicted octanol–water partition coefficient (Wildman–Crippen LogP) is -3.61. The lowest BCUT2D eigenvalue weighted by molar-refractivity contribution is -0.138. The molecule has 7 aliphatic rings. The Kier molecular flexibility index (Phi) is 20.2. The van der Waals surface area contributed by atoms with E-state index in [2.05, 4.69) is 0 Å². The van der Waals surface area contributed by atoms with Crippen molar-refractivity contribution in [2.45, 2.75) is 101 Å². The van der Waals surface area contributed by atoms with Crippen molar-refractivity contribution >= 4 is 75.7 Å². The number of nitrogens with zero attached hydrogens (tertiary/aromatic N) is 8. The second-order valence-corrected chi connectivity index (χ2v) is 20.0. The Morgan fingerprint density at radius 2 is 0.833 bits per heavy atom. The van der Waals surface area contributed by atoms with Crippen molar-refractivity contribution in [1.82, 2.24) is 38.9 Å². The Bertz CT molecular complexity index is 2720. The standard InChI is InChI=1S/C14H15BN2O5.C14H17BN2O4.C11H15BN2O4.C10H17BN2O4/c18-12(16-7-3-6-11(16)15(21)22)8-17-13(19)9-4-1-2-5-10(9)14(17)20;18-13(17-7-3-6-12(17)15(20)21)9-16-8-10-4-1-2-5-11(10)14(16)19;15-10-5-1-2-6-13(10)8-11(16)14-7-3-4-9(14)12(17)18;14-9-4-2-5-12(9)7-10(15)13-6-1-3-8(13)11(16)17/h1-2,4-5,11,21-22H,3,6-8H2;1-2,4-5,12,20-21H,3,6-9H2;1-2,5-6,9,17-18H,3-4,7-8H2;8,16-17H,1-7H2. The van der Waals surface area contributed by atoms with E-state index in [1.165, 1.54) is 35.1 Å². The zero-order valence-electron chi connectivity index (χ0n) is 43.0. The third-order valence-corrected chi connectivity index (χ3v) is 15.0. The molecule has 2 aromatic carbocycles. The molecule has 0 aliphatic carbocycles. The van der Waals surface area contributed by atoms with Gasteiger partial charge in [-0.25, -0.2) is 0 Å². The maximum Gasteiger partial charge on any atom is 0.475 e. The molecule has 10 rings (SSSR count). The van der Waals surface area contributed by atoms with Gasteiger partial charge < -0.3 is 74.2 Å². The zero-order chi connectivity index (χ0) is 56.4. The SMILES string of the molecule is O=C(Cn1ccccc1=O)N1CCCC1B(O)O.O=C1CCCN1CC(=O)N1CCCC1B(O)O.O=C1c2ccccc2C(=O)N1CC(=O)N1CCCC1B(O)O.O=C1c2ccccc2CN1CC(=O)N1CCCC1B(O)O. The Hall–Kier alpha value is -6.71. The summed E-state index contributed by atoms with van der Waals surface area (Å²) in [5, 5.41) is 73.9. The van der Waals surface area contributed by atoms with E-state index in [1.54, 1.807) is 59.6 Å². The van der Waals surface area contributed by atoms with Gasteiger partial charge in [-0.05, 0) is 87.6 Å². The van der Waals surface area contributed by atoms with Gasteiger partial charge in [0, 0.05) is 63.5 Å². The number of aromatic nitrogens is 1. The van der Waals surface area contributed by atoms with Crippen LogP contribution >= 0.6 is 0 Å². The molecule has 0 saturated carbocycles. The van der Waals surface area contributed by atoms with E-state index in [-0.39, 0.29) is 61.3 Å². The van der Waals surface area contributed by atoms with Crippen LogP contribution < -0.4 is 5.56 Å². The lowest BCUT2D eigenvalue weighted by atomic mass is 9.78. The van der Waals surface area contributed by atoms with E-state index in [0.29, 0.717) is 94.5 Å². The summed E-state index contributed by atoms with van der Waals surface area (Å²) in [5.41, 5.74) is 1.91. The molecule has 4 unspecified atom stereocenters. The van der Waals surface area contributed by atoms with Gasteiger partial charge in [0.2, 0.25) is 29.5 Å². The van der Waals surface area contributed by atoms with Crippen LogP contribution in [-0.2, 0) is 37.1 Å². The number of amides is 8. The van der Waals surface area contributed by atoms with Crippen molar-refractivity contribution in [2.24, 2.45) is 0 Å².